The fraction of sp³-hybridized carbons (Fsp3) is 0.545. The molecule has 0 radical (unpaired) electrons. The van der Waals surface area contributed by atoms with E-state index in [4.69, 9.17) is 0 Å². The molecule has 0 N–H and O–H groups in total. The molecule has 1 heteroatoms. The third kappa shape index (κ3) is 3.40. The molecule has 0 saturated heterocycles. The van der Waals surface area contributed by atoms with E-state index in [-0.39, 0.29) is 5.41 Å². The standard InChI is InChI=1S/C22H30S/c1-21(2,3)14-18(22(4,5)6)17-12-9-11-16-15-10-7-8-13-19(15)23-20(16)17/h8-9,11-13,18H,7,10,14H2,1-6H3. The highest BCUT2D eigenvalue weighted by molar-refractivity contribution is 7.20. The SMILES string of the molecule is CC(C)(C)CC(c1cccc2c3c(sc12)C=CCC3)C(C)(C)C. The average molecular weight is 327 g/mol. The highest BCUT2D eigenvalue weighted by Gasteiger charge is 2.32. The molecule has 0 fully saturated rings. The zero-order valence-corrected chi connectivity index (χ0v) is 16.3. The predicted octanol–water partition coefficient (Wildman–Crippen LogP) is 7.43. The van der Waals surface area contributed by atoms with Crippen LogP contribution in [0.25, 0.3) is 16.2 Å². The van der Waals surface area contributed by atoms with E-state index >= 15 is 0 Å². The van der Waals surface area contributed by atoms with Crippen molar-refractivity contribution in [3.8, 4) is 0 Å². The van der Waals surface area contributed by atoms with Crippen molar-refractivity contribution in [2.75, 3.05) is 0 Å². The van der Waals surface area contributed by atoms with Gasteiger partial charge in [-0.25, -0.2) is 0 Å². The van der Waals surface area contributed by atoms with Crippen LogP contribution in [0.2, 0.25) is 0 Å². The molecule has 1 atom stereocenters. The van der Waals surface area contributed by atoms with Crippen LogP contribution in [0.5, 0.6) is 0 Å². The van der Waals surface area contributed by atoms with Gasteiger partial charge < -0.3 is 0 Å². The summed E-state index contributed by atoms with van der Waals surface area (Å²) in [4.78, 5) is 1.49. The van der Waals surface area contributed by atoms with Crippen LogP contribution in [0.1, 0.15) is 76.3 Å². The molecule has 0 bridgehead atoms. The smallest absolute Gasteiger partial charge is 0.0387 e. The van der Waals surface area contributed by atoms with Crippen molar-refractivity contribution in [1.82, 2.24) is 0 Å². The third-order valence-corrected chi connectivity index (χ3v) is 6.21. The van der Waals surface area contributed by atoms with Gasteiger partial charge in [0.25, 0.3) is 0 Å². The molecule has 23 heavy (non-hydrogen) atoms. The Labute approximate surface area is 145 Å². The first-order chi connectivity index (χ1) is 10.7. The fourth-order valence-corrected chi connectivity index (χ4v) is 5.14. The van der Waals surface area contributed by atoms with Gasteiger partial charge >= 0.3 is 0 Å². The van der Waals surface area contributed by atoms with Gasteiger partial charge in [-0.05, 0) is 58.6 Å². The number of aryl methyl sites for hydroxylation is 1. The molecule has 0 aliphatic heterocycles. The van der Waals surface area contributed by atoms with E-state index in [1.54, 1.807) is 11.1 Å². The minimum Gasteiger partial charge on any atom is -0.135 e. The Morgan fingerprint density at radius 3 is 2.48 bits per heavy atom. The maximum absolute atomic E-state index is 2.40. The summed E-state index contributed by atoms with van der Waals surface area (Å²) < 4.78 is 1.54. The summed E-state index contributed by atoms with van der Waals surface area (Å²) in [5.41, 5.74) is 3.77. The maximum Gasteiger partial charge on any atom is 0.0387 e. The molecule has 1 heterocycles. The summed E-state index contributed by atoms with van der Waals surface area (Å²) in [7, 11) is 0. The van der Waals surface area contributed by atoms with Gasteiger partial charge in [-0.1, -0.05) is 65.8 Å². The Morgan fingerprint density at radius 2 is 1.83 bits per heavy atom. The Balaban J connectivity index is 2.17. The molecule has 1 aromatic carbocycles. The highest BCUT2D eigenvalue weighted by Crippen LogP contribution is 2.48. The summed E-state index contributed by atoms with van der Waals surface area (Å²) in [6, 6.07) is 7.00. The van der Waals surface area contributed by atoms with Crippen LogP contribution in [0.3, 0.4) is 0 Å². The van der Waals surface area contributed by atoms with Crippen molar-refractivity contribution >= 4 is 27.5 Å². The van der Waals surface area contributed by atoms with Crippen molar-refractivity contribution in [2.45, 2.75) is 66.7 Å². The van der Waals surface area contributed by atoms with Gasteiger partial charge in [0.2, 0.25) is 0 Å². The Hall–Kier alpha value is -1.08. The van der Waals surface area contributed by atoms with E-state index < -0.39 is 0 Å². The van der Waals surface area contributed by atoms with Gasteiger partial charge in [-0.2, -0.15) is 0 Å². The predicted molar refractivity (Wildman–Crippen MR) is 105 cm³/mol. The van der Waals surface area contributed by atoms with Crippen LogP contribution in [0.15, 0.2) is 24.3 Å². The van der Waals surface area contributed by atoms with Crippen LogP contribution in [0.4, 0.5) is 0 Å². The van der Waals surface area contributed by atoms with E-state index in [0.29, 0.717) is 11.3 Å². The van der Waals surface area contributed by atoms with E-state index in [0.717, 1.165) is 0 Å². The highest BCUT2D eigenvalue weighted by atomic mass is 32.1. The lowest BCUT2D eigenvalue weighted by Gasteiger charge is -2.36. The molecule has 1 aromatic heterocycles. The largest absolute Gasteiger partial charge is 0.135 e. The number of allylic oxidation sites excluding steroid dienone is 1. The number of rotatable bonds is 2. The van der Waals surface area contributed by atoms with Crippen LogP contribution in [-0.4, -0.2) is 0 Å². The van der Waals surface area contributed by atoms with Crippen molar-refractivity contribution in [3.05, 3.63) is 40.3 Å². The summed E-state index contributed by atoms with van der Waals surface area (Å²) in [5.74, 6) is 0.593. The van der Waals surface area contributed by atoms with Crippen LogP contribution in [-0.2, 0) is 6.42 Å². The number of hydrogen-bond acceptors (Lipinski definition) is 1. The van der Waals surface area contributed by atoms with Gasteiger partial charge in [0.1, 0.15) is 0 Å². The lowest BCUT2D eigenvalue weighted by molar-refractivity contribution is 0.230. The quantitative estimate of drug-likeness (QED) is 0.538. The van der Waals surface area contributed by atoms with Gasteiger partial charge in [-0.3, -0.25) is 0 Å². The molecule has 0 amide bonds. The monoisotopic (exact) mass is 326 g/mol. The summed E-state index contributed by atoms with van der Waals surface area (Å²) in [6.07, 6.45) is 8.29. The molecule has 0 spiro atoms. The van der Waals surface area contributed by atoms with Crippen molar-refractivity contribution in [1.29, 1.82) is 0 Å². The normalized spacial score (nSPS) is 16.6. The number of thiophene rings is 1. The minimum absolute atomic E-state index is 0.280. The number of benzene rings is 1. The summed E-state index contributed by atoms with van der Waals surface area (Å²) in [5, 5.41) is 1.51. The molecule has 0 saturated carbocycles. The second-order valence-electron chi connectivity index (χ2n) is 9.29. The zero-order chi connectivity index (χ0) is 16.8. The third-order valence-electron chi connectivity index (χ3n) is 4.95. The molecule has 2 aromatic rings. The van der Waals surface area contributed by atoms with Crippen LogP contribution < -0.4 is 0 Å². The van der Waals surface area contributed by atoms with Gasteiger partial charge in [0, 0.05) is 9.58 Å². The molecule has 1 aliphatic rings. The Morgan fingerprint density at radius 1 is 1.09 bits per heavy atom. The van der Waals surface area contributed by atoms with E-state index in [2.05, 4.69) is 71.9 Å². The van der Waals surface area contributed by atoms with Gasteiger partial charge in [0.05, 0.1) is 0 Å². The summed E-state index contributed by atoms with van der Waals surface area (Å²) in [6.45, 7) is 14.3. The summed E-state index contributed by atoms with van der Waals surface area (Å²) >= 11 is 2.01. The molecule has 1 aliphatic carbocycles. The first kappa shape index (κ1) is 16.8. The van der Waals surface area contributed by atoms with Crippen LogP contribution in [0, 0.1) is 10.8 Å². The van der Waals surface area contributed by atoms with Crippen LogP contribution >= 0.6 is 11.3 Å². The lowest BCUT2D eigenvalue weighted by Crippen LogP contribution is -2.23. The molecule has 0 nitrogen and oxygen atoms in total. The molecule has 124 valence electrons. The second kappa shape index (κ2) is 5.77. The topological polar surface area (TPSA) is 0 Å². The van der Waals surface area contributed by atoms with E-state index in [9.17, 15) is 0 Å². The molecular weight excluding hydrogens is 296 g/mol. The molecule has 1 unspecified atom stereocenters. The zero-order valence-electron chi connectivity index (χ0n) is 15.5. The number of hydrogen-bond donors (Lipinski definition) is 0. The van der Waals surface area contributed by atoms with Crippen molar-refractivity contribution in [3.63, 3.8) is 0 Å². The maximum atomic E-state index is 2.40. The Kier molecular flexibility index (Phi) is 4.21. The van der Waals surface area contributed by atoms with Gasteiger partial charge in [0.15, 0.2) is 0 Å². The van der Waals surface area contributed by atoms with E-state index in [1.807, 2.05) is 11.3 Å². The first-order valence-corrected chi connectivity index (χ1v) is 9.69. The second-order valence-corrected chi connectivity index (χ2v) is 10.3. The molecular formula is C22H30S. The average Bonchev–Trinajstić information content (AvgIpc) is 2.81. The lowest BCUT2D eigenvalue weighted by atomic mass is 9.69. The van der Waals surface area contributed by atoms with Crippen molar-refractivity contribution < 1.29 is 0 Å². The van der Waals surface area contributed by atoms with Crippen molar-refractivity contribution in [2.24, 2.45) is 10.8 Å². The van der Waals surface area contributed by atoms with Gasteiger partial charge in [-0.15, -0.1) is 11.3 Å². The fourth-order valence-electron chi connectivity index (χ4n) is 3.79. The minimum atomic E-state index is 0.280. The first-order valence-electron chi connectivity index (χ1n) is 8.88. The Bertz CT molecular complexity index is 732. The van der Waals surface area contributed by atoms with E-state index in [1.165, 1.54) is 34.2 Å². The number of fused-ring (bicyclic) bond motifs is 3. The molecule has 3 rings (SSSR count).